The van der Waals surface area contributed by atoms with Crippen molar-refractivity contribution in [1.29, 1.82) is 0 Å². The van der Waals surface area contributed by atoms with Crippen molar-refractivity contribution >= 4 is 39.6 Å². The normalized spacial score (nSPS) is 20.8. The fourth-order valence-corrected chi connectivity index (χ4v) is 4.22. The third-order valence-corrected chi connectivity index (χ3v) is 5.49. The largest absolute Gasteiger partial charge is 0.325 e. The van der Waals surface area contributed by atoms with E-state index in [0.717, 1.165) is 10.5 Å². The van der Waals surface area contributed by atoms with Crippen molar-refractivity contribution in [2.75, 3.05) is 0 Å². The lowest BCUT2D eigenvalue weighted by Gasteiger charge is -2.20. The zero-order valence-corrected chi connectivity index (χ0v) is 14.2. The summed E-state index contributed by atoms with van der Waals surface area (Å²) in [5.74, 6) is -0.348. The maximum Gasteiger partial charge on any atom is 0.325 e. The predicted octanol–water partition coefficient (Wildman–Crippen LogP) is 1.78. The van der Waals surface area contributed by atoms with Crippen molar-refractivity contribution in [3.8, 4) is 0 Å². The van der Waals surface area contributed by atoms with E-state index < -0.39 is 11.6 Å². The van der Waals surface area contributed by atoms with E-state index in [-0.39, 0.29) is 18.0 Å². The van der Waals surface area contributed by atoms with Gasteiger partial charge in [0.15, 0.2) is 4.96 Å². The smallest absolute Gasteiger partial charge is 0.319 e. The molecule has 4 rings (SSSR count). The molecule has 0 spiro atoms. The molecule has 1 aliphatic heterocycles. The number of rotatable bonds is 3. The molecule has 0 aliphatic carbocycles. The van der Waals surface area contributed by atoms with Crippen LogP contribution in [0.4, 0.5) is 4.79 Å². The molecular weight excluding hydrogens is 348 g/mol. The van der Waals surface area contributed by atoms with E-state index in [0.29, 0.717) is 10.7 Å². The van der Waals surface area contributed by atoms with Crippen molar-refractivity contribution in [3.63, 3.8) is 0 Å². The van der Waals surface area contributed by atoms with Gasteiger partial charge in [0.1, 0.15) is 5.54 Å². The second kappa shape index (κ2) is 5.25. The lowest BCUT2D eigenvalue weighted by atomic mass is 9.95. The first-order valence-electron chi connectivity index (χ1n) is 7.11. The summed E-state index contributed by atoms with van der Waals surface area (Å²) in [5.41, 5.74) is -0.182. The quantitative estimate of drug-likeness (QED) is 0.722. The molecule has 1 fully saturated rings. The van der Waals surface area contributed by atoms with E-state index in [4.69, 9.17) is 0 Å². The topological polar surface area (TPSA) is 83.8 Å². The number of nitrogens with one attached hydrogen (secondary N) is 1. The van der Waals surface area contributed by atoms with Crippen LogP contribution in [0.25, 0.3) is 4.96 Å². The van der Waals surface area contributed by atoms with Gasteiger partial charge in [0.25, 0.3) is 11.5 Å². The van der Waals surface area contributed by atoms with E-state index in [1.165, 1.54) is 33.1 Å². The van der Waals surface area contributed by atoms with Gasteiger partial charge in [-0.25, -0.2) is 9.78 Å². The summed E-state index contributed by atoms with van der Waals surface area (Å²) in [6, 6.07) is 2.68. The van der Waals surface area contributed by atoms with Gasteiger partial charge < -0.3 is 5.32 Å². The number of imide groups is 1. The predicted molar refractivity (Wildman–Crippen MR) is 90.1 cm³/mol. The Bertz CT molecular complexity index is 1010. The van der Waals surface area contributed by atoms with E-state index in [2.05, 4.69) is 10.3 Å². The van der Waals surface area contributed by atoms with Crippen molar-refractivity contribution in [1.82, 2.24) is 19.6 Å². The zero-order valence-electron chi connectivity index (χ0n) is 12.6. The SMILES string of the molecule is CC1(c2ccsc2)NC(=O)N(Cc2cc(=O)n3ccsc3n2)C1=O. The number of thiazole rings is 1. The van der Waals surface area contributed by atoms with Crippen LogP contribution in [0.3, 0.4) is 0 Å². The second-order valence-electron chi connectivity index (χ2n) is 5.60. The molecule has 1 atom stereocenters. The first-order chi connectivity index (χ1) is 11.5. The van der Waals surface area contributed by atoms with Gasteiger partial charge in [-0.1, -0.05) is 0 Å². The molecule has 1 aliphatic rings. The summed E-state index contributed by atoms with van der Waals surface area (Å²) < 4.78 is 1.43. The minimum absolute atomic E-state index is 0.0337. The van der Waals surface area contributed by atoms with Crippen LogP contribution in [-0.4, -0.2) is 26.2 Å². The minimum Gasteiger partial charge on any atom is -0.319 e. The number of carbonyl (C=O) groups excluding carboxylic acids is 2. The average molecular weight is 360 g/mol. The Labute approximate surface area is 144 Å². The third-order valence-electron chi connectivity index (χ3n) is 4.05. The molecule has 0 aromatic carbocycles. The third kappa shape index (κ3) is 2.16. The van der Waals surface area contributed by atoms with Gasteiger partial charge in [-0.2, -0.15) is 11.3 Å². The molecular formula is C15H12N4O3S2. The Morgan fingerprint density at radius 2 is 2.12 bits per heavy atom. The van der Waals surface area contributed by atoms with Gasteiger partial charge in [-0.3, -0.25) is 18.9 Å². The molecule has 3 aromatic rings. The number of urea groups is 1. The summed E-state index contributed by atoms with van der Waals surface area (Å²) in [5, 5.41) is 8.19. The summed E-state index contributed by atoms with van der Waals surface area (Å²) in [4.78, 5) is 43.1. The summed E-state index contributed by atoms with van der Waals surface area (Å²) in [6.07, 6.45) is 1.64. The van der Waals surface area contributed by atoms with Gasteiger partial charge in [0, 0.05) is 17.6 Å². The molecule has 7 nitrogen and oxygen atoms in total. The maximum atomic E-state index is 12.8. The van der Waals surface area contributed by atoms with Crippen LogP contribution in [-0.2, 0) is 16.9 Å². The van der Waals surface area contributed by atoms with Crippen LogP contribution in [0.2, 0.25) is 0 Å². The van der Waals surface area contributed by atoms with Crippen molar-refractivity contribution in [3.05, 3.63) is 56.1 Å². The summed E-state index contributed by atoms with van der Waals surface area (Å²) in [7, 11) is 0. The van der Waals surface area contributed by atoms with Crippen LogP contribution in [0.1, 0.15) is 18.2 Å². The number of fused-ring (bicyclic) bond motifs is 1. The van der Waals surface area contributed by atoms with Crippen molar-refractivity contribution in [2.45, 2.75) is 19.0 Å². The van der Waals surface area contributed by atoms with Gasteiger partial charge in [-0.15, -0.1) is 11.3 Å². The minimum atomic E-state index is -1.08. The number of carbonyl (C=O) groups is 2. The number of hydrogen-bond acceptors (Lipinski definition) is 6. The monoisotopic (exact) mass is 360 g/mol. The van der Waals surface area contributed by atoms with Gasteiger partial charge in [0.05, 0.1) is 12.2 Å². The lowest BCUT2D eigenvalue weighted by Crippen LogP contribution is -2.40. The molecule has 122 valence electrons. The van der Waals surface area contributed by atoms with E-state index in [9.17, 15) is 14.4 Å². The molecule has 3 aromatic heterocycles. The fraction of sp³-hybridized carbons (Fsp3) is 0.200. The average Bonchev–Trinajstić information content (AvgIpc) is 3.25. The highest BCUT2D eigenvalue weighted by atomic mass is 32.1. The highest BCUT2D eigenvalue weighted by Crippen LogP contribution is 2.30. The summed E-state index contributed by atoms with van der Waals surface area (Å²) in [6.45, 7) is 1.65. The number of amides is 3. The molecule has 3 amide bonds. The van der Waals surface area contributed by atoms with E-state index in [1.54, 1.807) is 18.5 Å². The van der Waals surface area contributed by atoms with Crippen LogP contribution in [0, 0.1) is 0 Å². The first-order valence-corrected chi connectivity index (χ1v) is 8.94. The number of nitrogens with zero attached hydrogens (tertiary/aromatic N) is 3. The number of hydrogen-bond donors (Lipinski definition) is 1. The molecule has 24 heavy (non-hydrogen) atoms. The Kier molecular flexibility index (Phi) is 3.29. The Balaban J connectivity index is 1.68. The van der Waals surface area contributed by atoms with Crippen molar-refractivity contribution in [2.24, 2.45) is 0 Å². The second-order valence-corrected chi connectivity index (χ2v) is 7.25. The molecule has 4 heterocycles. The molecule has 0 bridgehead atoms. The maximum absolute atomic E-state index is 12.8. The summed E-state index contributed by atoms with van der Waals surface area (Å²) >= 11 is 2.78. The van der Waals surface area contributed by atoms with Gasteiger partial charge in [0.2, 0.25) is 0 Å². The van der Waals surface area contributed by atoms with Crippen LogP contribution < -0.4 is 10.9 Å². The lowest BCUT2D eigenvalue weighted by molar-refractivity contribution is -0.131. The molecule has 1 N–H and O–H groups in total. The molecule has 1 unspecified atom stereocenters. The Hall–Kier alpha value is -2.52. The van der Waals surface area contributed by atoms with Crippen LogP contribution in [0.15, 0.2) is 39.3 Å². The molecule has 9 heteroatoms. The number of aromatic nitrogens is 2. The zero-order chi connectivity index (χ0) is 16.9. The molecule has 1 saturated heterocycles. The highest BCUT2D eigenvalue weighted by Gasteiger charge is 2.49. The Morgan fingerprint density at radius 3 is 2.88 bits per heavy atom. The van der Waals surface area contributed by atoms with Crippen LogP contribution >= 0.6 is 22.7 Å². The molecule has 0 saturated carbocycles. The highest BCUT2D eigenvalue weighted by molar-refractivity contribution is 7.15. The first kappa shape index (κ1) is 15.0. The van der Waals surface area contributed by atoms with Crippen molar-refractivity contribution < 1.29 is 9.59 Å². The van der Waals surface area contributed by atoms with Gasteiger partial charge in [-0.05, 0) is 29.3 Å². The Morgan fingerprint density at radius 1 is 1.29 bits per heavy atom. The van der Waals surface area contributed by atoms with E-state index >= 15 is 0 Å². The van der Waals surface area contributed by atoms with E-state index in [1.807, 2.05) is 16.8 Å². The molecule has 0 radical (unpaired) electrons. The number of thiophene rings is 1. The fourth-order valence-electron chi connectivity index (χ4n) is 2.72. The van der Waals surface area contributed by atoms with Crippen LogP contribution in [0.5, 0.6) is 0 Å². The van der Waals surface area contributed by atoms with Gasteiger partial charge >= 0.3 is 6.03 Å². The standard InChI is InChI=1S/C15H12N4O3S2/c1-15(9-2-4-23-8-9)12(21)19(13(22)17-15)7-10-6-11(20)18-3-5-24-14(18)16-10/h2-6,8H,7H2,1H3,(H,17,22).